The lowest BCUT2D eigenvalue weighted by molar-refractivity contribution is -0.169. The van der Waals surface area contributed by atoms with E-state index in [0.29, 0.717) is 48.8 Å². The highest BCUT2D eigenvalue weighted by Crippen LogP contribution is 2.60. The first kappa shape index (κ1) is 26.4. The van der Waals surface area contributed by atoms with Gasteiger partial charge in [0.05, 0.1) is 27.0 Å². The lowest BCUT2D eigenvalue weighted by Crippen LogP contribution is -2.49. The molecule has 10 heteroatoms. The number of halogens is 4. The highest BCUT2D eigenvalue weighted by Gasteiger charge is 2.53. The molecule has 4 fully saturated rings. The second-order valence-corrected chi connectivity index (χ2v) is 14.1. The number of fused-ring (bicyclic) bond motifs is 4. The number of rotatable bonds is 7. The second kappa shape index (κ2) is 9.78. The van der Waals surface area contributed by atoms with Crippen molar-refractivity contribution in [2.45, 2.75) is 75.6 Å². The van der Waals surface area contributed by atoms with E-state index in [2.05, 4.69) is 26.1 Å². The Labute approximate surface area is 247 Å². The van der Waals surface area contributed by atoms with Crippen molar-refractivity contribution in [3.63, 3.8) is 0 Å². The number of hydrogen-bond donors (Lipinski definition) is 1. The molecule has 0 aliphatic heterocycles. The molecule has 1 atom stereocenters. The molecule has 39 heavy (non-hydrogen) atoms. The lowest BCUT2D eigenvalue weighted by Gasteiger charge is -2.54. The zero-order valence-electron chi connectivity index (χ0n) is 21.0. The molecular weight excluding hydrogens is 626 g/mol. The average molecular weight is 652 g/mol. The minimum atomic E-state index is -0.722. The molecule has 1 N–H and O–H groups in total. The predicted molar refractivity (Wildman–Crippen MR) is 154 cm³/mol. The van der Waals surface area contributed by atoms with Gasteiger partial charge in [-0.2, -0.15) is 0 Å². The van der Waals surface area contributed by atoms with E-state index < -0.39 is 6.10 Å². The van der Waals surface area contributed by atoms with Crippen molar-refractivity contribution in [3.8, 4) is 11.3 Å². The summed E-state index contributed by atoms with van der Waals surface area (Å²) in [6.07, 6.45) is 6.48. The largest absolute Gasteiger partial charge is 0.385 e. The maximum atomic E-state index is 14.5. The molecule has 2 bridgehead atoms. The fourth-order valence-corrected chi connectivity index (χ4v) is 8.74. The maximum absolute atomic E-state index is 14.5. The van der Waals surface area contributed by atoms with Gasteiger partial charge in [-0.15, -0.1) is 11.3 Å². The van der Waals surface area contributed by atoms with Gasteiger partial charge in [0.1, 0.15) is 28.1 Å². The molecule has 0 amide bonds. The predicted octanol–water partition coefficient (Wildman–Crippen LogP) is 9.38. The minimum Gasteiger partial charge on any atom is -0.385 e. The first-order valence-electron chi connectivity index (χ1n) is 13.3. The van der Waals surface area contributed by atoms with Crippen molar-refractivity contribution < 1.29 is 18.8 Å². The third-order valence-corrected chi connectivity index (χ3v) is 11.1. The van der Waals surface area contributed by atoms with Gasteiger partial charge in [-0.1, -0.05) is 50.4 Å². The summed E-state index contributed by atoms with van der Waals surface area (Å²) in [5.41, 5.74) is 2.08. The van der Waals surface area contributed by atoms with E-state index in [4.69, 9.17) is 32.5 Å². The molecule has 204 valence electrons. The summed E-state index contributed by atoms with van der Waals surface area (Å²) in [7, 11) is 0. The lowest BCUT2D eigenvalue weighted by atomic mass is 9.56. The van der Waals surface area contributed by atoms with E-state index in [1.807, 2.05) is 24.3 Å². The molecule has 2 aromatic carbocycles. The van der Waals surface area contributed by atoms with Gasteiger partial charge >= 0.3 is 0 Å². The van der Waals surface area contributed by atoms with Crippen LogP contribution in [0.5, 0.6) is 0 Å². The van der Waals surface area contributed by atoms with E-state index >= 15 is 0 Å². The second-order valence-electron chi connectivity index (χ2n) is 11.3. The molecule has 4 aliphatic carbocycles. The summed E-state index contributed by atoms with van der Waals surface area (Å²) in [6.45, 7) is 0.383. The number of nitrogens with zero attached hydrogens (tertiary/aromatic N) is 2. The Morgan fingerprint density at radius 1 is 1.13 bits per heavy atom. The molecule has 4 aliphatic rings. The number of aliphatic hydroxyl groups excluding tert-OH is 1. The standard InChI is InChI=1S/C29H26BrCl2FN2O3S/c30-16-12-20(33)24-21(13-16)39-27(34-24)26(36)28-6-9-29(10-7-28,11-8-28)37-14-17-23(35-38-25(17)15-4-5-15)22-18(31)2-1-3-19(22)32/h1-3,12-13,15,26,36H,4-11,14H2. The van der Waals surface area contributed by atoms with Crippen LogP contribution in [0.3, 0.4) is 0 Å². The third-order valence-electron chi connectivity index (χ3n) is 8.97. The van der Waals surface area contributed by atoms with Gasteiger partial charge < -0.3 is 14.4 Å². The monoisotopic (exact) mass is 650 g/mol. The topological polar surface area (TPSA) is 68.4 Å². The summed E-state index contributed by atoms with van der Waals surface area (Å²) >= 11 is 17.8. The molecule has 8 rings (SSSR count). The van der Waals surface area contributed by atoms with Crippen LogP contribution in [-0.4, -0.2) is 20.8 Å². The number of benzene rings is 2. The van der Waals surface area contributed by atoms with Crippen molar-refractivity contribution in [2.24, 2.45) is 5.41 Å². The highest BCUT2D eigenvalue weighted by atomic mass is 79.9. The molecule has 4 aromatic rings. The Morgan fingerprint density at radius 2 is 1.82 bits per heavy atom. The number of aromatic nitrogens is 2. The van der Waals surface area contributed by atoms with Crippen LogP contribution in [0, 0.1) is 11.2 Å². The van der Waals surface area contributed by atoms with Crippen molar-refractivity contribution >= 4 is 60.7 Å². The zero-order valence-corrected chi connectivity index (χ0v) is 24.9. The van der Waals surface area contributed by atoms with E-state index in [1.54, 1.807) is 0 Å². The number of thiazole rings is 1. The van der Waals surface area contributed by atoms with Crippen molar-refractivity contribution in [1.82, 2.24) is 10.1 Å². The van der Waals surface area contributed by atoms with Gasteiger partial charge in [0.2, 0.25) is 0 Å². The first-order valence-corrected chi connectivity index (χ1v) is 15.6. The van der Waals surface area contributed by atoms with Crippen molar-refractivity contribution in [3.05, 3.63) is 67.0 Å². The van der Waals surface area contributed by atoms with E-state index in [0.717, 1.165) is 67.4 Å². The fourth-order valence-electron chi connectivity index (χ4n) is 6.43. The van der Waals surface area contributed by atoms with E-state index in [9.17, 15) is 9.50 Å². The van der Waals surface area contributed by atoms with Crippen LogP contribution in [0.1, 0.15) is 79.7 Å². The fraction of sp³-hybridized carbons (Fsp3) is 0.448. The SMILES string of the molecule is OC(c1nc2c(F)cc(Br)cc2s1)C12CCC(OCc3c(-c4c(Cl)cccc4Cl)noc3C3CC3)(CC1)CC2. The smallest absolute Gasteiger partial charge is 0.151 e. The first-order chi connectivity index (χ1) is 18.8. The summed E-state index contributed by atoms with van der Waals surface area (Å²) in [4.78, 5) is 4.51. The summed E-state index contributed by atoms with van der Waals surface area (Å²) in [6, 6.07) is 8.71. The van der Waals surface area contributed by atoms with Crippen LogP contribution in [0.25, 0.3) is 21.5 Å². The number of ether oxygens (including phenoxy) is 1. The quantitative estimate of drug-likeness (QED) is 0.216. The maximum Gasteiger partial charge on any atom is 0.151 e. The molecule has 2 heterocycles. The Kier molecular flexibility index (Phi) is 6.61. The Balaban J connectivity index is 1.10. The average Bonchev–Trinajstić information content (AvgIpc) is 3.55. The van der Waals surface area contributed by atoms with Gasteiger partial charge in [0.25, 0.3) is 0 Å². The van der Waals surface area contributed by atoms with Crippen LogP contribution < -0.4 is 0 Å². The van der Waals surface area contributed by atoms with Gasteiger partial charge in [-0.25, -0.2) is 9.37 Å². The Morgan fingerprint density at radius 3 is 2.49 bits per heavy atom. The molecule has 1 unspecified atom stereocenters. The van der Waals surface area contributed by atoms with Gasteiger partial charge in [-0.05, 0) is 75.6 Å². The van der Waals surface area contributed by atoms with Gasteiger partial charge in [0, 0.05) is 26.9 Å². The van der Waals surface area contributed by atoms with E-state index in [1.165, 1.54) is 17.4 Å². The molecule has 0 radical (unpaired) electrons. The third kappa shape index (κ3) is 4.56. The van der Waals surface area contributed by atoms with Crippen LogP contribution in [-0.2, 0) is 11.3 Å². The van der Waals surface area contributed by atoms with Crippen molar-refractivity contribution in [1.29, 1.82) is 0 Å². The Hall–Kier alpha value is -1.55. The molecule has 2 aromatic heterocycles. The van der Waals surface area contributed by atoms with Crippen LogP contribution in [0.4, 0.5) is 4.39 Å². The molecule has 0 spiro atoms. The molecule has 0 saturated heterocycles. The number of aliphatic hydroxyl groups is 1. The van der Waals surface area contributed by atoms with Crippen LogP contribution >= 0.6 is 50.5 Å². The van der Waals surface area contributed by atoms with Crippen LogP contribution in [0.15, 0.2) is 39.3 Å². The molecular formula is C29H26BrCl2FN2O3S. The van der Waals surface area contributed by atoms with Crippen LogP contribution in [0.2, 0.25) is 10.0 Å². The Bertz CT molecular complexity index is 1540. The molecule has 4 saturated carbocycles. The normalized spacial score (nSPS) is 25.5. The molecule has 5 nitrogen and oxygen atoms in total. The van der Waals surface area contributed by atoms with Gasteiger partial charge in [-0.3, -0.25) is 0 Å². The van der Waals surface area contributed by atoms with Crippen molar-refractivity contribution in [2.75, 3.05) is 0 Å². The van der Waals surface area contributed by atoms with E-state index in [-0.39, 0.29) is 16.8 Å². The zero-order chi connectivity index (χ0) is 26.9. The summed E-state index contributed by atoms with van der Waals surface area (Å²) in [5.74, 6) is 0.870. The van der Waals surface area contributed by atoms with Gasteiger partial charge in [0.15, 0.2) is 5.82 Å². The minimum absolute atomic E-state index is 0.258. The number of hydrogen-bond acceptors (Lipinski definition) is 6. The summed E-state index contributed by atoms with van der Waals surface area (Å²) in [5, 5.41) is 17.6. The summed E-state index contributed by atoms with van der Waals surface area (Å²) < 4.78 is 28.4. The highest BCUT2D eigenvalue weighted by molar-refractivity contribution is 9.10.